The van der Waals surface area contributed by atoms with Crippen molar-refractivity contribution in [1.29, 1.82) is 0 Å². The van der Waals surface area contributed by atoms with Crippen molar-refractivity contribution in [3.63, 3.8) is 0 Å². The highest BCUT2D eigenvalue weighted by atomic mass is 16.5. The lowest BCUT2D eigenvalue weighted by atomic mass is 10.1. The molecule has 0 aliphatic heterocycles. The predicted molar refractivity (Wildman–Crippen MR) is 85.0 cm³/mol. The molecule has 1 N–H and O–H groups in total. The summed E-state index contributed by atoms with van der Waals surface area (Å²) in [6.45, 7) is 2.26. The fourth-order valence-corrected chi connectivity index (χ4v) is 2.03. The summed E-state index contributed by atoms with van der Waals surface area (Å²) in [4.78, 5) is 36.9. The zero-order chi connectivity index (χ0) is 17.2. The smallest absolute Gasteiger partial charge is 0.328 e. The molecule has 1 atom stereocenters. The van der Waals surface area contributed by atoms with E-state index in [-0.39, 0.29) is 12.8 Å². The summed E-state index contributed by atoms with van der Waals surface area (Å²) in [6.07, 6.45) is 0.117. The maximum absolute atomic E-state index is 12.4. The number of nitrogens with zero attached hydrogens (tertiary/aromatic N) is 1. The van der Waals surface area contributed by atoms with Crippen LogP contribution in [0, 0.1) is 0 Å². The van der Waals surface area contributed by atoms with Crippen LogP contribution in [0.5, 0.6) is 0 Å². The summed E-state index contributed by atoms with van der Waals surface area (Å²) in [5.74, 6) is -1.06. The van der Waals surface area contributed by atoms with Gasteiger partial charge >= 0.3 is 18.0 Å². The number of para-hydroxylation sites is 1. The van der Waals surface area contributed by atoms with Crippen molar-refractivity contribution in [2.75, 3.05) is 25.7 Å². The second-order valence-electron chi connectivity index (χ2n) is 4.72. The average molecular weight is 322 g/mol. The number of nitrogens with one attached hydrogen (secondary N) is 1. The summed E-state index contributed by atoms with van der Waals surface area (Å²) in [5.41, 5.74) is 0.712. The minimum absolute atomic E-state index is 0.00795. The second-order valence-corrected chi connectivity index (χ2v) is 4.72. The lowest BCUT2D eigenvalue weighted by Crippen LogP contribution is -2.48. The minimum Gasteiger partial charge on any atom is -0.469 e. The van der Waals surface area contributed by atoms with Gasteiger partial charge in [-0.25, -0.2) is 9.59 Å². The highest BCUT2D eigenvalue weighted by molar-refractivity contribution is 5.94. The number of anilines is 1. The third kappa shape index (κ3) is 5.61. The number of rotatable bonds is 7. The van der Waals surface area contributed by atoms with Gasteiger partial charge in [0.25, 0.3) is 0 Å². The van der Waals surface area contributed by atoms with E-state index in [2.05, 4.69) is 14.8 Å². The predicted octanol–water partition coefficient (Wildman–Crippen LogP) is 1.72. The number of ether oxygens (including phenoxy) is 2. The third-order valence-electron chi connectivity index (χ3n) is 3.28. The van der Waals surface area contributed by atoms with Crippen LogP contribution in [0.3, 0.4) is 0 Å². The Kier molecular flexibility index (Phi) is 7.59. The lowest BCUT2D eigenvalue weighted by molar-refractivity contribution is -0.144. The summed E-state index contributed by atoms with van der Waals surface area (Å²) >= 11 is 0. The molecule has 7 nitrogen and oxygen atoms in total. The maximum Gasteiger partial charge on any atom is 0.328 e. The van der Waals surface area contributed by atoms with Crippen molar-refractivity contribution >= 4 is 23.7 Å². The van der Waals surface area contributed by atoms with E-state index in [0.717, 1.165) is 0 Å². The number of amides is 2. The fourth-order valence-electron chi connectivity index (χ4n) is 2.03. The van der Waals surface area contributed by atoms with Crippen molar-refractivity contribution in [3.8, 4) is 0 Å². The van der Waals surface area contributed by atoms with E-state index in [4.69, 9.17) is 0 Å². The van der Waals surface area contributed by atoms with E-state index in [0.29, 0.717) is 12.2 Å². The molecule has 0 spiro atoms. The first-order chi connectivity index (χ1) is 11.0. The first kappa shape index (κ1) is 18.5. The summed E-state index contributed by atoms with van der Waals surface area (Å²) < 4.78 is 9.22. The summed E-state index contributed by atoms with van der Waals surface area (Å²) in [6, 6.07) is 7.74. The number of methoxy groups -OCH3 is 2. The molecule has 7 heteroatoms. The molecule has 0 saturated heterocycles. The molecule has 126 valence electrons. The Balaban J connectivity index is 2.78. The Morgan fingerprint density at radius 2 is 1.78 bits per heavy atom. The number of hydrogen-bond donors (Lipinski definition) is 1. The Hall–Kier alpha value is -2.57. The SMILES string of the molecule is CCN(C(=O)N[C@H](CCC(=O)OC)C(=O)OC)c1ccccc1. The number of carbonyl (C=O) groups is 3. The zero-order valence-electron chi connectivity index (χ0n) is 13.6. The first-order valence-corrected chi connectivity index (χ1v) is 7.31. The highest BCUT2D eigenvalue weighted by Crippen LogP contribution is 2.13. The Labute approximate surface area is 135 Å². The van der Waals surface area contributed by atoms with Crippen LogP contribution in [0.15, 0.2) is 30.3 Å². The van der Waals surface area contributed by atoms with Gasteiger partial charge in [0.15, 0.2) is 0 Å². The van der Waals surface area contributed by atoms with E-state index in [9.17, 15) is 14.4 Å². The van der Waals surface area contributed by atoms with Crippen LogP contribution in [0.1, 0.15) is 19.8 Å². The minimum atomic E-state index is -0.913. The Bertz CT molecular complexity index is 533. The van der Waals surface area contributed by atoms with Crippen LogP contribution in [0.4, 0.5) is 10.5 Å². The van der Waals surface area contributed by atoms with Crippen molar-refractivity contribution in [2.24, 2.45) is 0 Å². The first-order valence-electron chi connectivity index (χ1n) is 7.31. The van der Waals surface area contributed by atoms with Gasteiger partial charge < -0.3 is 14.8 Å². The van der Waals surface area contributed by atoms with Crippen LogP contribution in [-0.4, -0.2) is 44.8 Å². The topological polar surface area (TPSA) is 84.9 Å². The molecule has 0 fully saturated rings. The molecule has 1 aromatic rings. The standard InChI is InChI=1S/C16H22N2O5/c1-4-18(12-8-6-5-7-9-12)16(21)17-13(15(20)23-3)10-11-14(19)22-2/h5-9,13H,4,10-11H2,1-3H3,(H,17,21)/t13-/m1/s1. The zero-order valence-corrected chi connectivity index (χ0v) is 13.6. The fraction of sp³-hybridized carbons (Fsp3) is 0.438. The largest absolute Gasteiger partial charge is 0.469 e. The number of esters is 2. The van der Waals surface area contributed by atoms with Gasteiger partial charge in [-0.1, -0.05) is 18.2 Å². The van der Waals surface area contributed by atoms with Crippen LogP contribution in [0.2, 0.25) is 0 Å². The van der Waals surface area contributed by atoms with Crippen LogP contribution in [-0.2, 0) is 19.1 Å². The maximum atomic E-state index is 12.4. The molecule has 0 aliphatic carbocycles. The average Bonchev–Trinajstić information content (AvgIpc) is 2.59. The van der Waals surface area contributed by atoms with Crippen LogP contribution in [0.25, 0.3) is 0 Å². The molecule has 0 aromatic heterocycles. The summed E-state index contributed by atoms with van der Waals surface area (Å²) in [7, 11) is 2.50. The van der Waals surface area contributed by atoms with Gasteiger partial charge in [0, 0.05) is 18.7 Å². The highest BCUT2D eigenvalue weighted by Gasteiger charge is 2.25. The van der Waals surface area contributed by atoms with Gasteiger partial charge in [-0.2, -0.15) is 0 Å². The van der Waals surface area contributed by atoms with Crippen LogP contribution >= 0.6 is 0 Å². The third-order valence-corrected chi connectivity index (χ3v) is 3.28. The number of benzene rings is 1. The monoisotopic (exact) mass is 322 g/mol. The van der Waals surface area contributed by atoms with E-state index in [1.54, 1.807) is 12.1 Å². The van der Waals surface area contributed by atoms with Crippen molar-refractivity contribution in [2.45, 2.75) is 25.8 Å². The normalized spacial score (nSPS) is 11.3. The van der Waals surface area contributed by atoms with Gasteiger partial charge in [0.2, 0.25) is 0 Å². The molecule has 0 radical (unpaired) electrons. The lowest BCUT2D eigenvalue weighted by Gasteiger charge is -2.24. The molecule has 23 heavy (non-hydrogen) atoms. The molecule has 1 rings (SSSR count). The van der Waals surface area contributed by atoms with Crippen molar-refractivity contribution in [1.82, 2.24) is 5.32 Å². The van der Waals surface area contributed by atoms with Crippen molar-refractivity contribution < 1.29 is 23.9 Å². The summed E-state index contributed by atoms with van der Waals surface area (Å²) in [5, 5.41) is 2.60. The van der Waals surface area contributed by atoms with E-state index in [1.807, 2.05) is 25.1 Å². The van der Waals surface area contributed by atoms with Gasteiger partial charge in [-0.3, -0.25) is 9.69 Å². The molecule has 0 bridgehead atoms. The van der Waals surface area contributed by atoms with Gasteiger partial charge in [0.1, 0.15) is 6.04 Å². The molecule has 0 unspecified atom stereocenters. The molecule has 0 heterocycles. The van der Waals surface area contributed by atoms with Gasteiger partial charge in [-0.05, 0) is 25.5 Å². The molecular formula is C16H22N2O5. The van der Waals surface area contributed by atoms with Gasteiger partial charge in [0.05, 0.1) is 14.2 Å². The molecule has 0 aliphatic rings. The van der Waals surface area contributed by atoms with E-state index in [1.165, 1.54) is 19.1 Å². The van der Waals surface area contributed by atoms with E-state index >= 15 is 0 Å². The van der Waals surface area contributed by atoms with Crippen LogP contribution < -0.4 is 10.2 Å². The number of carbonyl (C=O) groups excluding carboxylic acids is 3. The Morgan fingerprint density at radius 3 is 2.30 bits per heavy atom. The number of hydrogen-bond acceptors (Lipinski definition) is 5. The van der Waals surface area contributed by atoms with Gasteiger partial charge in [-0.15, -0.1) is 0 Å². The molecular weight excluding hydrogens is 300 g/mol. The molecule has 1 aromatic carbocycles. The second kappa shape index (κ2) is 9.45. The molecule has 2 amide bonds. The Morgan fingerprint density at radius 1 is 1.13 bits per heavy atom. The number of urea groups is 1. The van der Waals surface area contributed by atoms with Crippen molar-refractivity contribution in [3.05, 3.63) is 30.3 Å². The quantitative estimate of drug-likeness (QED) is 0.773. The molecule has 0 saturated carbocycles. The van der Waals surface area contributed by atoms with E-state index < -0.39 is 24.0 Å².